The van der Waals surface area contributed by atoms with E-state index in [0.717, 1.165) is 22.3 Å². The molecule has 4 aromatic rings. The lowest BCUT2D eigenvalue weighted by atomic mass is 10.0. The number of thiazole rings is 1. The highest BCUT2D eigenvalue weighted by Gasteiger charge is 2.20. The zero-order chi connectivity index (χ0) is 29.6. The topological polar surface area (TPSA) is 134 Å². The normalized spacial score (nSPS) is 11.2. The second kappa shape index (κ2) is 12.9. The molecule has 0 radical (unpaired) electrons. The Morgan fingerprint density at radius 2 is 1.56 bits per heavy atom. The van der Waals surface area contributed by atoms with Gasteiger partial charge in [-0.2, -0.15) is 0 Å². The number of rotatable bonds is 10. The van der Waals surface area contributed by atoms with Gasteiger partial charge in [-0.15, -0.1) is 11.3 Å². The standard InChI is InChI=1S/C30H30N4O5S2/c1-19(2)41(38,39)26-12-6-11-25(15-26)29(37)32-17-28(36)34-30-33-27(18-40-30)24-10-5-9-23(14-24)22-8-4-7-21(13-22)16-31-20(3)35/h4-15,18-19H,16-17H2,1-3H3,(H,31,35)(H,32,37)(H,33,34,36). The Kier molecular flexibility index (Phi) is 9.31. The zero-order valence-electron chi connectivity index (χ0n) is 22.8. The summed E-state index contributed by atoms with van der Waals surface area (Å²) >= 11 is 1.26. The molecule has 1 heterocycles. The van der Waals surface area contributed by atoms with E-state index in [0.29, 0.717) is 17.4 Å². The summed E-state index contributed by atoms with van der Waals surface area (Å²) in [5.41, 5.74) is 4.68. The second-order valence-electron chi connectivity index (χ2n) is 9.58. The van der Waals surface area contributed by atoms with Gasteiger partial charge in [-0.3, -0.25) is 14.4 Å². The van der Waals surface area contributed by atoms with E-state index >= 15 is 0 Å². The summed E-state index contributed by atoms with van der Waals surface area (Å²) in [4.78, 5) is 40.9. The van der Waals surface area contributed by atoms with Gasteiger partial charge in [0.05, 0.1) is 22.4 Å². The minimum atomic E-state index is -3.53. The number of amides is 3. The predicted octanol–water partition coefficient (Wildman–Crippen LogP) is 4.66. The Bertz CT molecular complexity index is 1700. The van der Waals surface area contributed by atoms with E-state index in [-0.39, 0.29) is 22.9 Å². The average Bonchev–Trinajstić information content (AvgIpc) is 3.43. The van der Waals surface area contributed by atoms with Crippen molar-refractivity contribution >= 4 is 44.0 Å². The second-order valence-corrected chi connectivity index (χ2v) is 12.9. The van der Waals surface area contributed by atoms with E-state index in [4.69, 9.17) is 0 Å². The number of aromatic nitrogens is 1. The predicted molar refractivity (Wildman–Crippen MR) is 160 cm³/mol. The molecule has 0 saturated heterocycles. The lowest BCUT2D eigenvalue weighted by Gasteiger charge is -2.10. The van der Waals surface area contributed by atoms with Crippen LogP contribution in [0.3, 0.4) is 0 Å². The van der Waals surface area contributed by atoms with Crippen LogP contribution in [-0.4, -0.2) is 42.9 Å². The first-order valence-corrected chi connectivity index (χ1v) is 15.3. The number of hydrogen-bond acceptors (Lipinski definition) is 7. The third kappa shape index (κ3) is 7.65. The highest BCUT2D eigenvalue weighted by molar-refractivity contribution is 7.92. The molecule has 4 rings (SSSR count). The first kappa shape index (κ1) is 29.6. The fraction of sp³-hybridized carbons (Fsp3) is 0.200. The summed E-state index contributed by atoms with van der Waals surface area (Å²) < 4.78 is 24.8. The molecule has 0 saturated carbocycles. The Morgan fingerprint density at radius 3 is 2.29 bits per heavy atom. The lowest BCUT2D eigenvalue weighted by molar-refractivity contribution is -0.119. The minimum absolute atomic E-state index is 0.0571. The van der Waals surface area contributed by atoms with Crippen molar-refractivity contribution in [2.45, 2.75) is 37.5 Å². The Hall–Kier alpha value is -4.35. The maximum absolute atomic E-state index is 12.6. The molecule has 41 heavy (non-hydrogen) atoms. The molecule has 11 heteroatoms. The summed E-state index contributed by atoms with van der Waals surface area (Å²) in [6.07, 6.45) is 0. The number of carbonyl (C=O) groups is 3. The molecule has 3 N–H and O–H groups in total. The number of carbonyl (C=O) groups excluding carboxylic acids is 3. The van der Waals surface area contributed by atoms with E-state index < -0.39 is 26.9 Å². The van der Waals surface area contributed by atoms with Gasteiger partial charge in [-0.05, 0) is 60.9 Å². The van der Waals surface area contributed by atoms with Crippen molar-refractivity contribution in [2.24, 2.45) is 0 Å². The van der Waals surface area contributed by atoms with Gasteiger partial charge in [0.15, 0.2) is 15.0 Å². The van der Waals surface area contributed by atoms with Crippen molar-refractivity contribution in [3.8, 4) is 22.4 Å². The summed E-state index contributed by atoms with van der Waals surface area (Å²) in [5, 5.41) is 9.61. The van der Waals surface area contributed by atoms with Gasteiger partial charge in [0.2, 0.25) is 11.8 Å². The third-order valence-corrected chi connectivity index (χ3v) is 9.08. The number of hydrogen-bond donors (Lipinski definition) is 3. The Balaban J connectivity index is 1.38. The van der Waals surface area contributed by atoms with Crippen LogP contribution in [0.25, 0.3) is 22.4 Å². The smallest absolute Gasteiger partial charge is 0.251 e. The molecular weight excluding hydrogens is 560 g/mol. The van der Waals surface area contributed by atoms with E-state index in [2.05, 4.69) is 20.9 Å². The molecule has 3 amide bonds. The zero-order valence-corrected chi connectivity index (χ0v) is 24.4. The molecule has 0 aliphatic heterocycles. The molecule has 9 nitrogen and oxygen atoms in total. The number of benzene rings is 3. The van der Waals surface area contributed by atoms with Gasteiger partial charge in [-0.25, -0.2) is 13.4 Å². The highest BCUT2D eigenvalue weighted by atomic mass is 32.2. The summed E-state index contributed by atoms with van der Waals surface area (Å²) in [7, 11) is -3.53. The van der Waals surface area contributed by atoms with Crippen LogP contribution < -0.4 is 16.0 Å². The van der Waals surface area contributed by atoms with Gasteiger partial charge in [0.25, 0.3) is 5.91 Å². The maximum Gasteiger partial charge on any atom is 0.251 e. The third-order valence-electron chi connectivity index (χ3n) is 6.17. The van der Waals surface area contributed by atoms with E-state index in [1.807, 2.05) is 53.9 Å². The largest absolute Gasteiger partial charge is 0.352 e. The van der Waals surface area contributed by atoms with Gasteiger partial charge in [0.1, 0.15) is 0 Å². The summed E-state index contributed by atoms with van der Waals surface area (Å²) in [5.74, 6) is -1.11. The fourth-order valence-electron chi connectivity index (χ4n) is 3.92. The van der Waals surface area contributed by atoms with Gasteiger partial charge in [-0.1, -0.05) is 42.5 Å². The molecule has 0 spiro atoms. The van der Waals surface area contributed by atoms with Crippen molar-refractivity contribution in [1.82, 2.24) is 15.6 Å². The molecule has 0 atom stereocenters. The first-order chi connectivity index (χ1) is 19.5. The van der Waals surface area contributed by atoms with Crippen LogP contribution in [0.4, 0.5) is 5.13 Å². The SMILES string of the molecule is CC(=O)NCc1cccc(-c2cccc(-c3csc(NC(=O)CNC(=O)c4cccc(S(=O)(=O)C(C)C)c4)n3)c2)c1. The molecule has 0 unspecified atom stereocenters. The van der Waals surface area contributed by atoms with Crippen molar-refractivity contribution < 1.29 is 22.8 Å². The van der Waals surface area contributed by atoms with Crippen LogP contribution in [0, 0.1) is 0 Å². The Morgan fingerprint density at radius 1 is 0.878 bits per heavy atom. The molecule has 0 fully saturated rings. The molecule has 0 aliphatic carbocycles. The van der Waals surface area contributed by atoms with Crippen LogP contribution >= 0.6 is 11.3 Å². The quantitative estimate of drug-likeness (QED) is 0.246. The molecule has 3 aromatic carbocycles. The number of nitrogens with one attached hydrogen (secondary N) is 3. The van der Waals surface area contributed by atoms with Gasteiger partial charge >= 0.3 is 0 Å². The van der Waals surface area contributed by atoms with Crippen molar-refractivity contribution in [3.05, 3.63) is 89.3 Å². The van der Waals surface area contributed by atoms with Crippen LogP contribution in [-0.2, 0) is 26.0 Å². The van der Waals surface area contributed by atoms with Gasteiger partial charge < -0.3 is 16.0 Å². The van der Waals surface area contributed by atoms with Crippen molar-refractivity contribution in [1.29, 1.82) is 0 Å². The molecule has 212 valence electrons. The monoisotopic (exact) mass is 590 g/mol. The van der Waals surface area contributed by atoms with E-state index in [9.17, 15) is 22.8 Å². The lowest BCUT2D eigenvalue weighted by Crippen LogP contribution is -2.33. The van der Waals surface area contributed by atoms with Gasteiger partial charge in [0, 0.05) is 30.0 Å². The number of nitrogens with zero attached hydrogens (tertiary/aromatic N) is 1. The highest BCUT2D eigenvalue weighted by Crippen LogP contribution is 2.29. The molecule has 0 aliphatic rings. The number of sulfone groups is 1. The van der Waals surface area contributed by atoms with Crippen molar-refractivity contribution in [2.75, 3.05) is 11.9 Å². The molecule has 0 bridgehead atoms. The Labute approximate surface area is 243 Å². The summed E-state index contributed by atoms with van der Waals surface area (Å²) in [6.45, 7) is 4.77. The fourth-order valence-corrected chi connectivity index (χ4v) is 5.76. The van der Waals surface area contributed by atoms with E-state index in [1.165, 1.54) is 42.5 Å². The van der Waals surface area contributed by atoms with Crippen LogP contribution in [0.5, 0.6) is 0 Å². The maximum atomic E-state index is 12.6. The van der Waals surface area contributed by atoms with Crippen LogP contribution in [0.2, 0.25) is 0 Å². The molecular formula is C30H30N4O5S2. The number of anilines is 1. The average molecular weight is 591 g/mol. The molecule has 1 aromatic heterocycles. The van der Waals surface area contributed by atoms with E-state index in [1.54, 1.807) is 13.8 Å². The van der Waals surface area contributed by atoms with Crippen LogP contribution in [0.1, 0.15) is 36.7 Å². The minimum Gasteiger partial charge on any atom is -0.352 e. The first-order valence-electron chi connectivity index (χ1n) is 12.8. The van der Waals surface area contributed by atoms with Crippen LogP contribution in [0.15, 0.2) is 83.1 Å². The van der Waals surface area contributed by atoms with Crippen molar-refractivity contribution in [3.63, 3.8) is 0 Å². The summed E-state index contributed by atoms with van der Waals surface area (Å²) in [6, 6.07) is 21.5.